The van der Waals surface area contributed by atoms with Crippen LogP contribution in [-0.2, 0) is 9.53 Å². The van der Waals surface area contributed by atoms with Crippen molar-refractivity contribution in [3.05, 3.63) is 34.1 Å². The molecule has 0 bridgehead atoms. The van der Waals surface area contributed by atoms with Gasteiger partial charge in [-0.05, 0) is 47.5 Å². The molecule has 0 aromatic heterocycles. The van der Waals surface area contributed by atoms with Crippen LogP contribution < -0.4 is 10.6 Å². The molecular formula is C15H18BrFN2O3. The van der Waals surface area contributed by atoms with Gasteiger partial charge >= 0.3 is 0 Å². The molecule has 5 nitrogen and oxygen atoms in total. The van der Waals surface area contributed by atoms with Crippen LogP contribution in [-0.4, -0.2) is 37.1 Å². The Bertz CT molecular complexity index is 568. The fourth-order valence-electron chi connectivity index (χ4n) is 2.26. The van der Waals surface area contributed by atoms with Gasteiger partial charge < -0.3 is 15.4 Å². The van der Waals surface area contributed by atoms with E-state index < -0.39 is 11.7 Å². The number of carbonyl (C=O) groups is 2. The highest BCUT2D eigenvalue weighted by Gasteiger charge is 2.25. The average molecular weight is 373 g/mol. The summed E-state index contributed by atoms with van der Waals surface area (Å²) in [6.45, 7) is 2.76. The highest BCUT2D eigenvalue weighted by atomic mass is 79.9. The van der Waals surface area contributed by atoms with Crippen LogP contribution >= 0.6 is 15.9 Å². The minimum absolute atomic E-state index is 0.0155. The second-order valence-electron chi connectivity index (χ2n) is 5.17. The van der Waals surface area contributed by atoms with Crippen LogP contribution in [0, 0.1) is 5.82 Å². The van der Waals surface area contributed by atoms with Gasteiger partial charge in [0.25, 0.3) is 5.91 Å². The van der Waals surface area contributed by atoms with Crippen molar-refractivity contribution in [1.29, 1.82) is 0 Å². The average Bonchev–Trinajstić information content (AvgIpc) is 2.86. The van der Waals surface area contributed by atoms with Crippen LogP contribution in [0.15, 0.2) is 22.7 Å². The first-order chi connectivity index (χ1) is 10.5. The summed E-state index contributed by atoms with van der Waals surface area (Å²) in [6, 6.07) is 3.91. The summed E-state index contributed by atoms with van der Waals surface area (Å²) in [6.07, 6.45) is 0.985. The first kappa shape index (κ1) is 16.9. The van der Waals surface area contributed by atoms with E-state index in [9.17, 15) is 14.0 Å². The van der Waals surface area contributed by atoms with Gasteiger partial charge in [0.1, 0.15) is 5.82 Å². The predicted molar refractivity (Wildman–Crippen MR) is 83.0 cm³/mol. The van der Waals surface area contributed by atoms with Crippen LogP contribution in [0.5, 0.6) is 0 Å². The Balaban J connectivity index is 1.77. The molecule has 0 aliphatic carbocycles. The molecule has 0 radical (unpaired) electrons. The molecule has 1 aromatic carbocycles. The van der Waals surface area contributed by atoms with Crippen molar-refractivity contribution in [3.8, 4) is 0 Å². The zero-order valence-corrected chi connectivity index (χ0v) is 13.8. The van der Waals surface area contributed by atoms with Crippen molar-refractivity contribution >= 4 is 27.7 Å². The Labute approximate surface area is 136 Å². The first-order valence-electron chi connectivity index (χ1n) is 7.11. The molecule has 2 N–H and O–H groups in total. The van der Waals surface area contributed by atoms with Gasteiger partial charge in [-0.3, -0.25) is 9.59 Å². The molecule has 2 amide bonds. The smallest absolute Gasteiger partial charge is 0.252 e. The summed E-state index contributed by atoms with van der Waals surface area (Å²) in [4.78, 5) is 23.7. The number of nitrogens with one attached hydrogen (secondary N) is 2. The zero-order valence-electron chi connectivity index (χ0n) is 12.2. The monoisotopic (exact) mass is 372 g/mol. The molecule has 1 fully saturated rings. The van der Waals surface area contributed by atoms with E-state index in [0.717, 1.165) is 12.5 Å². The van der Waals surface area contributed by atoms with Crippen LogP contribution in [0.3, 0.4) is 0 Å². The quantitative estimate of drug-likeness (QED) is 0.830. The van der Waals surface area contributed by atoms with Gasteiger partial charge in [0.15, 0.2) is 0 Å². The molecule has 1 heterocycles. The lowest BCUT2D eigenvalue weighted by atomic mass is 10.1. The third-order valence-corrected chi connectivity index (χ3v) is 4.22. The highest BCUT2D eigenvalue weighted by Crippen LogP contribution is 2.17. The van der Waals surface area contributed by atoms with Gasteiger partial charge in [0.05, 0.1) is 17.7 Å². The summed E-state index contributed by atoms with van der Waals surface area (Å²) in [5.41, 5.74) is 0.207. The molecule has 7 heteroatoms. The van der Waals surface area contributed by atoms with Gasteiger partial charge in [0.2, 0.25) is 5.91 Å². The Morgan fingerprint density at radius 2 is 2.23 bits per heavy atom. The lowest BCUT2D eigenvalue weighted by molar-refractivity contribution is -0.122. The van der Waals surface area contributed by atoms with E-state index >= 15 is 0 Å². The van der Waals surface area contributed by atoms with Crippen LogP contribution in [0.1, 0.15) is 30.1 Å². The Hall–Kier alpha value is -1.47. The van der Waals surface area contributed by atoms with E-state index in [1.54, 1.807) is 0 Å². The van der Waals surface area contributed by atoms with E-state index in [0.29, 0.717) is 11.1 Å². The largest absolute Gasteiger partial charge is 0.376 e. The predicted octanol–water partition coefficient (Wildman–Crippen LogP) is 2.00. The molecular weight excluding hydrogens is 355 g/mol. The number of ether oxygens (including phenoxy) is 1. The fourth-order valence-corrected chi connectivity index (χ4v) is 2.68. The standard InChI is InChI=1S/C15H18BrFN2O3/c1-9-13(5-7-22-9)19-14(20)4-6-18-15(21)11-8-10(17)2-3-12(11)16/h2-3,8-9,13H,4-7H2,1H3,(H,18,21)(H,19,20)/t9-,13+/m1/s1. The minimum atomic E-state index is -0.485. The molecule has 120 valence electrons. The fraction of sp³-hybridized carbons (Fsp3) is 0.467. The molecule has 1 aromatic rings. The normalized spacial score (nSPS) is 20.7. The first-order valence-corrected chi connectivity index (χ1v) is 7.91. The molecule has 0 unspecified atom stereocenters. The highest BCUT2D eigenvalue weighted by molar-refractivity contribution is 9.10. The van der Waals surface area contributed by atoms with E-state index in [2.05, 4.69) is 26.6 Å². The number of hydrogen-bond donors (Lipinski definition) is 2. The summed E-state index contributed by atoms with van der Waals surface area (Å²) >= 11 is 3.20. The molecule has 0 saturated carbocycles. The summed E-state index contributed by atoms with van der Waals surface area (Å²) < 4.78 is 19.0. The van der Waals surface area contributed by atoms with E-state index in [1.165, 1.54) is 12.1 Å². The van der Waals surface area contributed by atoms with Gasteiger partial charge in [-0.15, -0.1) is 0 Å². The minimum Gasteiger partial charge on any atom is -0.376 e. The maximum Gasteiger partial charge on any atom is 0.252 e. The molecule has 2 atom stereocenters. The summed E-state index contributed by atoms with van der Waals surface area (Å²) in [7, 11) is 0. The number of halogens is 2. The van der Waals surface area contributed by atoms with Crippen LogP contribution in [0.2, 0.25) is 0 Å². The zero-order chi connectivity index (χ0) is 16.1. The molecule has 1 saturated heterocycles. The van der Waals surface area contributed by atoms with Crippen molar-refractivity contribution in [2.45, 2.75) is 31.9 Å². The molecule has 1 aliphatic rings. The lowest BCUT2D eigenvalue weighted by Crippen LogP contribution is -2.40. The Morgan fingerprint density at radius 3 is 2.91 bits per heavy atom. The second kappa shape index (κ2) is 7.69. The molecule has 22 heavy (non-hydrogen) atoms. The number of carbonyl (C=O) groups excluding carboxylic acids is 2. The SMILES string of the molecule is C[C@H]1OCC[C@@H]1NC(=O)CCNC(=O)c1cc(F)ccc1Br. The lowest BCUT2D eigenvalue weighted by Gasteiger charge is -2.16. The van der Waals surface area contributed by atoms with Crippen molar-refractivity contribution in [3.63, 3.8) is 0 Å². The Morgan fingerprint density at radius 1 is 1.45 bits per heavy atom. The number of amides is 2. The van der Waals surface area contributed by atoms with E-state index in [4.69, 9.17) is 4.74 Å². The van der Waals surface area contributed by atoms with Gasteiger partial charge in [-0.1, -0.05) is 0 Å². The second-order valence-corrected chi connectivity index (χ2v) is 6.02. The third kappa shape index (κ3) is 4.51. The maximum atomic E-state index is 13.1. The number of rotatable bonds is 5. The third-order valence-electron chi connectivity index (χ3n) is 3.53. The maximum absolute atomic E-state index is 13.1. The Kier molecular flexibility index (Phi) is 5.90. The van der Waals surface area contributed by atoms with E-state index in [-0.39, 0.29) is 36.6 Å². The van der Waals surface area contributed by atoms with Gasteiger partial charge in [-0.2, -0.15) is 0 Å². The van der Waals surface area contributed by atoms with Crippen LogP contribution in [0.4, 0.5) is 4.39 Å². The van der Waals surface area contributed by atoms with Crippen molar-refractivity contribution in [2.24, 2.45) is 0 Å². The van der Waals surface area contributed by atoms with E-state index in [1.807, 2.05) is 6.92 Å². The number of hydrogen-bond acceptors (Lipinski definition) is 3. The molecule has 2 rings (SSSR count). The summed E-state index contributed by atoms with van der Waals surface area (Å²) in [5, 5.41) is 5.48. The molecule has 0 spiro atoms. The van der Waals surface area contributed by atoms with Crippen molar-refractivity contribution in [1.82, 2.24) is 10.6 Å². The topological polar surface area (TPSA) is 67.4 Å². The van der Waals surface area contributed by atoms with Crippen molar-refractivity contribution < 1.29 is 18.7 Å². The summed E-state index contributed by atoms with van der Waals surface area (Å²) in [5.74, 6) is -1.04. The van der Waals surface area contributed by atoms with Crippen molar-refractivity contribution in [2.75, 3.05) is 13.2 Å². The van der Waals surface area contributed by atoms with Crippen LogP contribution in [0.25, 0.3) is 0 Å². The molecule has 1 aliphatic heterocycles. The van der Waals surface area contributed by atoms with Gasteiger partial charge in [-0.25, -0.2) is 4.39 Å². The number of benzene rings is 1. The van der Waals surface area contributed by atoms with Gasteiger partial charge in [0, 0.05) is 24.0 Å².